The van der Waals surface area contributed by atoms with Crippen LogP contribution in [0.3, 0.4) is 0 Å². The van der Waals surface area contributed by atoms with Gasteiger partial charge in [-0.2, -0.15) is 0 Å². The van der Waals surface area contributed by atoms with E-state index in [9.17, 15) is 4.79 Å². The van der Waals surface area contributed by atoms with Gasteiger partial charge in [-0.15, -0.1) is 11.8 Å². The van der Waals surface area contributed by atoms with Gasteiger partial charge in [0, 0.05) is 17.1 Å². The lowest BCUT2D eigenvalue weighted by Gasteiger charge is -2.07. The lowest BCUT2D eigenvalue weighted by atomic mass is 10.1. The number of hydrogen-bond acceptors (Lipinski definition) is 3. The molecule has 1 amide bonds. The quantitative estimate of drug-likeness (QED) is 0.604. The molecular formula is C13H20N2OS. The molecule has 1 rings (SSSR count). The number of nitrogens with two attached hydrogens (primary N) is 1. The summed E-state index contributed by atoms with van der Waals surface area (Å²) in [6, 6.07) is 7.58. The summed E-state index contributed by atoms with van der Waals surface area (Å²) < 4.78 is 0. The van der Waals surface area contributed by atoms with Crippen molar-refractivity contribution in [3.63, 3.8) is 0 Å². The molecule has 0 aliphatic carbocycles. The van der Waals surface area contributed by atoms with Crippen molar-refractivity contribution in [3.05, 3.63) is 24.3 Å². The number of rotatable bonds is 6. The number of nitrogens with one attached hydrogen (secondary N) is 1. The van der Waals surface area contributed by atoms with E-state index < -0.39 is 0 Å². The molecule has 0 fully saturated rings. The largest absolute Gasteiger partial charge is 0.399 e. The number of carbonyl (C=O) groups excluding carboxylic acids is 1. The predicted molar refractivity (Wildman–Crippen MR) is 74.0 cm³/mol. The zero-order valence-corrected chi connectivity index (χ0v) is 11.2. The van der Waals surface area contributed by atoms with Crippen molar-refractivity contribution in [2.45, 2.75) is 25.2 Å². The van der Waals surface area contributed by atoms with Gasteiger partial charge in [-0.1, -0.05) is 19.9 Å². The molecule has 0 saturated heterocycles. The molecule has 1 aromatic rings. The van der Waals surface area contributed by atoms with E-state index in [1.807, 2.05) is 24.3 Å². The maximum atomic E-state index is 11.5. The fourth-order valence-electron chi connectivity index (χ4n) is 1.30. The van der Waals surface area contributed by atoms with E-state index in [1.165, 1.54) is 11.8 Å². The maximum absolute atomic E-state index is 11.5. The number of thioether (sulfide) groups is 1. The van der Waals surface area contributed by atoms with Gasteiger partial charge in [-0.05, 0) is 30.5 Å². The zero-order valence-electron chi connectivity index (χ0n) is 10.4. The molecule has 0 saturated carbocycles. The number of anilines is 1. The van der Waals surface area contributed by atoms with Gasteiger partial charge in [0.05, 0.1) is 5.75 Å². The second-order valence-electron chi connectivity index (χ2n) is 4.39. The Labute approximate surface area is 107 Å². The van der Waals surface area contributed by atoms with Crippen LogP contribution in [0.4, 0.5) is 5.69 Å². The Balaban J connectivity index is 2.24. The molecule has 0 aliphatic heterocycles. The van der Waals surface area contributed by atoms with Crippen LogP contribution in [0.2, 0.25) is 0 Å². The average molecular weight is 252 g/mol. The molecule has 3 N–H and O–H groups in total. The highest BCUT2D eigenvalue weighted by Crippen LogP contribution is 2.19. The van der Waals surface area contributed by atoms with E-state index in [2.05, 4.69) is 19.2 Å². The highest BCUT2D eigenvalue weighted by molar-refractivity contribution is 8.00. The van der Waals surface area contributed by atoms with Crippen molar-refractivity contribution in [2.75, 3.05) is 18.0 Å². The molecule has 0 unspecified atom stereocenters. The lowest BCUT2D eigenvalue weighted by molar-refractivity contribution is -0.118. The van der Waals surface area contributed by atoms with Gasteiger partial charge < -0.3 is 11.1 Å². The fraction of sp³-hybridized carbons (Fsp3) is 0.462. The molecule has 0 bridgehead atoms. The highest BCUT2D eigenvalue weighted by Gasteiger charge is 2.03. The first kappa shape index (κ1) is 13.9. The summed E-state index contributed by atoms with van der Waals surface area (Å²) in [5, 5.41) is 2.91. The van der Waals surface area contributed by atoms with Crippen LogP contribution in [0.25, 0.3) is 0 Å². The van der Waals surface area contributed by atoms with Crippen LogP contribution < -0.4 is 11.1 Å². The molecule has 1 aromatic carbocycles. The van der Waals surface area contributed by atoms with Gasteiger partial charge in [-0.3, -0.25) is 4.79 Å². The minimum Gasteiger partial charge on any atom is -0.399 e. The summed E-state index contributed by atoms with van der Waals surface area (Å²) in [7, 11) is 0. The Morgan fingerprint density at radius 3 is 2.88 bits per heavy atom. The Morgan fingerprint density at radius 2 is 2.24 bits per heavy atom. The summed E-state index contributed by atoms with van der Waals surface area (Å²) in [6.45, 7) is 5.05. The molecular weight excluding hydrogens is 232 g/mol. The van der Waals surface area contributed by atoms with Gasteiger partial charge in [0.25, 0.3) is 0 Å². The summed E-state index contributed by atoms with van der Waals surface area (Å²) in [6.07, 6.45) is 1.02. The lowest BCUT2D eigenvalue weighted by Crippen LogP contribution is -2.26. The first-order chi connectivity index (χ1) is 8.08. The topological polar surface area (TPSA) is 55.1 Å². The number of benzene rings is 1. The van der Waals surface area contributed by atoms with Crippen LogP contribution in [-0.2, 0) is 4.79 Å². The predicted octanol–water partition coefficient (Wildman–Crippen LogP) is 2.52. The Bertz CT molecular complexity index is 366. The van der Waals surface area contributed by atoms with E-state index >= 15 is 0 Å². The first-order valence-electron chi connectivity index (χ1n) is 5.83. The van der Waals surface area contributed by atoms with Crippen LogP contribution in [0.15, 0.2) is 29.2 Å². The van der Waals surface area contributed by atoms with Crippen LogP contribution in [0, 0.1) is 5.92 Å². The molecule has 0 radical (unpaired) electrons. The van der Waals surface area contributed by atoms with Crippen molar-refractivity contribution < 1.29 is 4.79 Å². The summed E-state index contributed by atoms with van der Waals surface area (Å²) >= 11 is 1.51. The smallest absolute Gasteiger partial charge is 0.230 e. The second-order valence-corrected chi connectivity index (χ2v) is 5.44. The zero-order chi connectivity index (χ0) is 12.7. The Kier molecular flexibility index (Phi) is 5.91. The third-order valence-corrected chi connectivity index (χ3v) is 3.27. The highest BCUT2D eigenvalue weighted by atomic mass is 32.2. The minimum absolute atomic E-state index is 0.0816. The number of hydrogen-bond donors (Lipinski definition) is 2. The summed E-state index contributed by atoms with van der Waals surface area (Å²) in [5.74, 6) is 1.15. The van der Waals surface area contributed by atoms with Crippen molar-refractivity contribution in [1.29, 1.82) is 0 Å². The van der Waals surface area contributed by atoms with E-state index in [1.54, 1.807) is 0 Å². The van der Waals surface area contributed by atoms with Gasteiger partial charge >= 0.3 is 0 Å². The third-order valence-electron chi connectivity index (χ3n) is 2.27. The van der Waals surface area contributed by atoms with E-state index in [4.69, 9.17) is 5.73 Å². The second kappa shape index (κ2) is 7.22. The Morgan fingerprint density at radius 1 is 1.47 bits per heavy atom. The number of carbonyl (C=O) groups is 1. The molecule has 94 valence electrons. The van der Waals surface area contributed by atoms with Crippen LogP contribution in [-0.4, -0.2) is 18.2 Å². The summed E-state index contributed by atoms with van der Waals surface area (Å²) in [4.78, 5) is 12.6. The first-order valence-corrected chi connectivity index (χ1v) is 6.81. The number of nitrogen functional groups attached to an aromatic ring is 1. The SMILES string of the molecule is CC(C)CCNC(=O)CSc1cccc(N)c1. The molecule has 0 spiro atoms. The van der Waals surface area contributed by atoms with E-state index in [-0.39, 0.29) is 5.91 Å². The van der Waals surface area contributed by atoms with Gasteiger partial charge in [0.1, 0.15) is 0 Å². The molecule has 0 aliphatic rings. The van der Waals surface area contributed by atoms with Crippen molar-refractivity contribution >= 4 is 23.4 Å². The van der Waals surface area contributed by atoms with E-state index in [0.717, 1.165) is 23.5 Å². The standard InChI is InChI=1S/C13H20N2OS/c1-10(2)6-7-15-13(16)9-17-12-5-3-4-11(14)8-12/h3-5,8,10H,6-7,9,14H2,1-2H3,(H,15,16). The van der Waals surface area contributed by atoms with Crippen molar-refractivity contribution in [2.24, 2.45) is 5.92 Å². The molecule has 0 aromatic heterocycles. The van der Waals surface area contributed by atoms with Crippen LogP contribution >= 0.6 is 11.8 Å². The van der Waals surface area contributed by atoms with E-state index in [0.29, 0.717) is 11.7 Å². The summed E-state index contributed by atoms with van der Waals surface area (Å²) in [5.41, 5.74) is 6.40. The molecule has 3 nitrogen and oxygen atoms in total. The van der Waals surface area contributed by atoms with Crippen molar-refractivity contribution in [3.8, 4) is 0 Å². The molecule has 0 atom stereocenters. The fourth-order valence-corrected chi connectivity index (χ4v) is 2.10. The van der Waals surface area contributed by atoms with Gasteiger partial charge in [0.15, 0.2) is 0 Å². The van der Waals surface area contributed by atoms with Crippen molar-refractivity contribution in [1.82, 2.24) is 5.32 Å². The average Bonchev–Trinajstić information content (AvgIpc) is 2.26. The number of amides is 1. The molecule has 0 heterocycles. The maximum Gasteiger partial charge on any atom is 0.230 e. The van der Waals surface area contributed by atoms with Gasteiger partial charge in [0.2, 0.25) is 5.91 Å². The molecule has 4 heteroatoms. The van der Waals surface area contributed by atoms with Gasteiger partial charge in [-0.25, -0.2) is 0 Å². The third kappa shape index (κ3) is 6.22. The normalized spacial score (nSPS) is 10.5. The monoisotopic (exact) mass is 252 g/mol. The van der Waals surface area contributed by atoms with Crippen LogP contribution in [0.1, 0.15) is 20.3 Å². The molecule has 17 heavy (non-hydrogen) atoms. The van der Waals surface area contributed by atoms with Crippen LogP contribution in [0.5, 0.6) is 0 Å². The minimum atomic E-state index is 0.0816. The Hall–Kier alpha value is -1.16.